The number of nitrogens with zero attached hydrogens (tertiary/aromatic N) is 4. The average molecular weight is 393 g/mol. The Kier molecular flexibility index (Phi) is 4.90. The predicted octanol–water partition coefficient (Wildman–Crippen LogP) is 4.01. The lowest BCUT2D eigenvalue weighted by molar-refractivity contribution is -0.385. The molecule has 28 heavy (non-hydrogen) atoms. The van der Waals surface area contributed by atoms with Crippen molar-refractivity contribution in [3.8, 4) is 17.1 Å². The maximum atomic E-state index is 11.2. The summed E-state index contributed by atoms with van der Waals surface area (Å²) in [4.78, 5) is 15.3. The van der Waals surface area contributed by atoms with E-state index in [1.54, 1.807) is 30.4 Å². The zero-order valence-electron chi connectivity index (χ0n) is 14.8. The highest BCUT2D eigenvalue weighted by atomic mass is 32.2. The highest BCUT2D eigenvalue weighted by Crippen LogP contribution is 2.36. The summed E-state index contributed by atoms with van der Waals surface area (Å²) in [5, 5.41) is 23.2. The molecule has 1 aliphatic rings. The van der Waals surface area contributed by atoms with Gasteiger partial charge in [0.05, 0.1) is 10.5 Å². The van der Waals surface area contributed by atoms with Crippen molar-refractivity contribution < 1.29 is 9.66 Å². The summed E-state index contributed by atoms with van der Waals surface area (Å²) >= 11 is 1.40. The van der Waals surface area contributed by atoms with Crippen LogP contribution in [0.15, 0.2) is 59.8 Å². The lowest BCUT2D eigenvalue weighted by Crippen LogP contribution is -2.23. The molecule has 0 radical (unpaired) electrons. The number of nitro benzene ring substituents is 1. The molecule has 0 aliphatic carbocycles. The number of ether oxygens (including phenoxy) is 1. The van der Waals surface area contributed by atoms with Crippen LogP contribution in [-0.4, -0.2) is 32.6 Å². The van der Waals surface area contributed by atoms with Crippen LogP contribution < -0.4 is 10.1 Å². The van der Waals surface area contributed by atoms with Gasteiger partial charge in [0.25, 0.3) is 11.6 Å². The van der Waals surface area contributed by atoms with Crippen LogP contribution in [0.2, 0.25) is 0 Å². The third-order valence-corrected chi connectivity index (χ3v) is 4.66. The number of benzene rings is 2. The molecular weight excluding hydrogens is 378 g/mol. The maximum Gasteiger partial charge on any atom is 0.276 e. The van der Waals surface area contributed by atoms with Gasteiger partial charge in [0.15, 0.2) is 6.23 Å². The SMILES string of the molecule is CSc1nnc2c(n1)-c1ccccc1NC(/C=C/c1ccccc1[N+](=O)[O-])O2. The van der Waals surface area contributed by atoms with Crippen LogP contribution in [0.25, 0.3) is 17.3 Å². The van der Waals surface area contributed by atoms with E-state index >= 15 is 0 Å². The first-order chi connectivity index (χ1) is 13.7. The Hall–Kier alpha value is -3.46. The number of nitro groups is 1. The molecule has 0 saturated carbocycles. The molecule has 0 spiro atoms. The summed E-state index contributed by atoms with van der Waals surface area (Å²) in [7, 11) is 0. The van der Waals surface area contributed by atoms with E-state index in [1.807, 2.05) is 30.5 Å². The minimum absolute atomic E-state index is 0.0271. The topological polar surface area (TPSA) is 103 Å². The second-order valence-corrected chi connectivity index (χ2v) is 6.63. The monoisotopic (exact) mass is 393 g/mol. The van der Waals surface area contributed by atoms with Crippen LogP contribution in [0, 0.1) is 10.1 Å². The molecule has 1 atom stereocenters. The smallest absolute Gasteiger partial charge is 0.276 e. The number of hydrogen-bond donors (Lipinski definition) is 1. The van der Waals surface area contributed by atoms with Crippen molar-refractivity contribution in [1.29, 1.82) is 0 Å². The van der Waals surface area contributed by atoms with E-state index in [-0.39, 0.29) is 5.69 Å². The molecule has 0 fully saturated rings. The molecule has 1 N–H and O–H groups in total. The highest BCUT2D eigenvalue weighted by molar-refractivity contribution is 7.98. The first-order valence-electron chi connectivity index (χ1n) is 8.38. The summed E-state index contributed by atoms with van der Waals surface area (Å²) in [6, 6.07) is 14.2. The number of thioether (sulfide) groups is 1. The van der Waals surface area contributed by atoms with Crippen LogP contribution in [0.1, 0.15) is 5.56 Å². The third kappa shape index (κ3) is 3.52. The van der Waals surface area contributed by atoms with Gasteiger partial charge in [-0.2, -0.15) is 0 Å². The van der Waals surface area contributed by atoms with Crippen molar-refractivity contribution in [1.82, 2.24) is 15.2 Å². The van der Waals surface area contributed by atoms with Gasteiger partial charge in [-0.1, -0.05) is 42.1 Å². The van der Waals surface area contributed by atoms with E-state index in [4.69, 9.17) is 4.74 Å². The average Bonchev–Trinajstić information content (AvgIpc) is 2.88. The number of nitrogens with one attached hydrogen (secondary N) is 1. The molecule has 140 valence electrons. The van der Waals surface area contributed by atoms with Crippen molar-refractivity contribution in [3.63, 3.8) is 0 Å². The van der Waals surface area contributed by atoms with Gasteiger partial charge in [-0.25, -0.2) is 4.98 Å². The summed E-state index contributed by atoms with van der Waals surface area (Å²) in [5.41, 5.74) is 2.79. The zero-order valence-corrected chi connectivity index (χ0v) is 15.6. The first kappa shape index (κ1) is 17.9. The van der Waals surface area contributed by atoms with Crippen molar-refractivity contribution in [2.24, 2.45) is 0 Å². The fourth-order valence-corrected chi connectivity index (χ4v) is 3.14. The third-order valence-electron chi connectivity index (χ3n) is 4.12. The van der Waals surface area contributed by atoms with E-state index in [9.17, 15) is 10.1 Å². The number of aromatic nitrogens is 3. The minimum Gasteiger partial charge on any atom is -0.447 e. The number of fused-ring (bicyclic) bond motifs is 3. The lowest BCUT2D eigenvalue weighted by Gasteiger charge is -2.14. The van der Waals surface area contributed by atoms with Crippen LogP contribution in [0.4, 0.5) is 11.4 Å². The molecule has 0 bridgehead atoms. The number of hydrogen-bond acceptors (Lipinski definition) is 8. The van der Waals surface area contributed by atoms with Gasteiger partial charge >= 0.3 is 0 Å². The fourth-order valence-electron chi connectivity index (χ4n) is 2.83. The van der Waals surface area contributed by atoms with Crippen molar-refractivity contribution in [2.45, 2.75) is 11.4 Å². The van der Waals surface area contributed by atoms with E-state index in [2.05, 4.69) is 20.5 Å². The van der Waals surface area contributed by atoms with Gasteiger partial charge < -0.3 is 10.1 Å². The predicted molar refractivity (Wildman–Crippen MR) is 107 cm³/mol. The molecule has 3 aromatic rings. The number of anilines is 1. The minimum atomic E-state index is -0.599. The van der Waals surface area contributed by atoms with Crippen LogP contribution >= 0.6 is 11.8 Å². The number of rotatable bonds is 4. The first-order valence-corrected chi connectivity index (χ1v) is 9.61. The van der Waals surface area contributed by atoms with Crippen molar-refractivity contribution in [3.05, 3.63) is 70.3 Å². The Balaban J connectivity index is 1.72. The number of para-hydroxylation sites is 2. The Morgan fingerprint density at radius 1 is 1.18 bits per heavy atom. The summed E-state index contributed by atoms with van der Waals surface area (Å²) in [6.45, 7) is 0. The molecule has 2 aromatic carbocycles. The standard InChI is InChI=1S/C19H15N5O3S/c1-28-19-21-17-13-7-3-4-8-14(13)20-16(27-18(17)22-23-19)11-10-12-6-2-5-9-15(12)24(25)26/h2-11,16,20H,1H3/b11-10+. The van der Waals surface area contributed by atoms with Gasteiger partial charge in [0.1, 0.15) is 5.69 Å². The highest BCUT2D eigenvalue weighted by Gasteiger charge is 2.23. The van der Waals surface area contributed by atoms with E-state index < -0.39 is 11.2 Å². The van der Waals surface area contributed by atoms with E-state index in [1.165, 1.54) is 17.8 Å². The molecule has 8 nitrogen and oxygen atoms in total. The molecule has 0 saturated heterocycles. The molecule has 9 heteroatoms. The van der Waals surface area contributed by atoms with Gasteiger partial charge in [0.2, 0.25) is 5.16 Å². The van der Waals surface area contributed by atoms with Crippen LogP contribution in [-0.2, 0) is 0 Å². The Morgan fingerprint density at radius 3 is 2.79 bits per heavy atom. The quantitative estimate of drug-likeness (QED) is 0.403. The van der Waals surface area contributed by atoms with E-state index in [0.717, 1.165) is 11.3 Å². The molecule has 1 unspecified atom stereocenters. The maximum absolute atomic E-state index is 11.2. The van der Waals surface area contributed by atoms with Gasteiger partial charge in [-0.05, 0) is 30.5 Å². The molecule has 2 heterocycles. The molecule has 1 aromatic heterocycles. The lowest BCUT2D eigenvalue weighted by atomic mass is 10.1. The Bertz CT molecular complexity index is 1070. The van der Waals surface area contributed by atoms with Crippen LogP contribution in [0.5, 0.6) is 5.88 Å². The van der Waals surface area contributed by atoms with E-state index in [0.29, 0.717) is 22.3 Å². The Morgan fingerprint density at radius 2 is 1.96 bits per heavy atom. The Labute approximate surface area is 164 Å². The second-order valence-electron chi connectivity index (χ2n) is 5.86. The van der Waals surface area contributed by atoms with Gasteiger partial charge in [0, 0.05) is 17.3 Å². The molecule has 0 amide bonds. The summed E-state index contributed by atoms with van der Waals surface area (Å²) < 4.78 is 5.95. The fraction of sp³-hybridized carbons (Fsp3) is 0.105. The van der Waals surface area contributed by atoms with Crippen molar-refractivity contribution in [2.75, 3.05) is 11.6 Å². The molecule has 4 rings (SSSR count). The molecular formula is C19H15N5O3S. The van der Waals surface area contributed by atoms with Gasteiger partial charge in [-0.15, -0.1) is 10.2 Å². The second kappa shape index (κ2) is 7.65. The largest absolute Gasteiger partial charge is 0.447 e. The van der Waals surface area contributed by atoms with Crippen molar-refractivity contribution >= 4 is 29.2 Å². The summed E-state index contributed by atoms with van der Waals surface area (Å²) in [5.74, 6) is 0.299. The summed E-state index contributed by atoms with van der Waals surface area (Å²) in [6.07, 6.45) is 4.64. The zero-order chi connectivity index (χ0) is 19.5. The molecule has 1 aliphatic heterocycles. The van der Waals surface area contributed by atoms with Gasteiger partial charge in [-0.3, -0.25) is 10.1 Å². The van der Waals surface area contributed by atoms with Crippen LogP contribution in [0.3, 0.4) is 0 Å². The normalized spacial score (nSPS) is 15.1.